The lowest BCUT2D eigenvalue weighted by molar-refractivity contribution is 0.0127. The molecule has 2 N–H and O–H groups in total. The molecule has 0 aromatic carbocycles. The first-order valence-electron chi connectivity index (χ1n) is 9.02. The summed E-state index contributed by atoms with van der Waals surface area (Å²) in [6, 6.07) is 8.75. The van der Waals surface area contributed by atoms with Crippen molar-refractivity contribution in [2.24, 2.45) is 0 Å². The van der Waals surface area contributed by atoms with Crippen LogP contribution in [0.15, 0.2) is 55.1 Å². The Kier molecular flexibility index (Phi) is 6.53. The van der Waals surface area contributed by atoms with Gasteiger partial charge in [0.15, 0.2) is 0 Å². The first-order valence-corrected chi connectivity index (χ1v) is 9.40. The van der Waals surface area contributed by atoms with E-state index in [4.69, 9.17) is 11.6 Å². The predicted octanol–water partition coefficient (Wildman–Crippen LogP) is 5.74. The van der Waals surface area contributed by atoms with E-state index in [9.17, 15) is 8.78 Å². The van der Waals surface area contributed by atoms with Gasteiger partial charge in [-0.05, 0) is 34.9 Å². The maximum Gasteiger partial charge on any atom is 0.286 e. The quantitative estimate of drug-likeness (QED) is 0.393. The second-order valence-corrected chi connectivity index (χ2v) is 7.32. The van der Waals surface area contributed by atoms with E-state index < -0.39 is 5.92 Å². The van der Waals surface area contributed by atoms with E-state index in [2.05, 4.69) is 25.3 Å². The minimum absolute atomic E-state index is 0. The fourth-order valence-corrected chi connectivity index (χ4v) is 3.17. The summed E-state index contributed by atoms with van der Waals surface area (Å²) in [5.74, 6) is -2.24. The third-order valence-electron chi connectivity index (χ3n) is 4.55. The summed E-state index contributed by atoms with van der Waals surface area (Å²) in [5.41, 5.74) is 3.50. The van der Waals surface area contributed by atoms with Crippen molar-refractivity contribution in [3.8, 4) is 0 Å². The standard InChI is InChI=1S/C21H18ClF2N5.ClH/c1-21(23,24)18-4-2-14(9-25-18)10-27-19-5-3-13(8-26-19)6-15-11-28-20-17(15)7-16(22)12-29-20;/h2-5,7-9,11-12H,6,10H2,1H3,(H,26,27)(H,28,29);1H. The van der Waals surface area contributed by atoms with Crippen LogP contribution in [-0.4, -0.2) is 19.9 Å². The number of anilines is 1. The average molecular weight is 450 g/mol. The summed E-state index contributed by atoms with van der Waals surface area (Å²) in [5, 5.41) is 4.76. The Morgan fingerprint density at radius 2 is 1.80 bits per heavy atom. The molecule has 0 aliphatic rings. The van der Waals surface area contributed by atoms with Crippen LogP contribution in [0.1, 0.15) is 29.3 Å². The lowest BCUT2D eigenvalue weighted by atomic mass is 10.1. The van der Waals surface area contributed by atoms with E-state index in [1.807, 2.05) is 24.4 Å². The lowest BCUT2D eigenvalue weighted by Crippen LogP contribution is -2.10. The highest BCUT2D eigenvalue weighted by molar-refractivity contribution is 6.31. The highest BCUT2D eigenvalue weighted by atomic mass is 35.5. The third-order valence-corrected chi connectivity index (χ3v) is 4.76. The van der Waals surface area contributed by atoms with Gasteiger partial charge in [-0.1, -0.05) is 23.7 Å². The van der Waals surface area contributed by atoms with Crippen LogP contribution in [0.25, 0.3) is 11.0 Å². The second kappa shape index (κ2) is 8.93. The number of aromatic amines is 1. The first-order chi connectivity index (χ1) is 13.9. The molecular weight excluding hydrogens is 431 g/mol. The van der Waals surface area contributed by atoms with Gasteiger partial charge in [-0.2, -0.15) is 8.78 Å². The molecule has 0 aliphatic heterocycles. The Bertz CT molecular complexity index is 1120. The molecule has 0 amide bonds. The molecule has 0 saturated heterocycles. The molecule has 4 aromatic heterocycles. The van der Waals surface area contributed by atoms with Crippen LogP contribution in [0, 0.1) is 0 Å². The van der Waals surface area contributed by atoms with Crippen LogP contribution >= 0.6 is 24.0 Å². The van der Waals surface area contributed by atoms with Gasteiger partial charge in [0.1, 0.15) is 17.2 Å². The summed E-state index contributed by atoms with van der Waals surface area (Å²) < 4.78 is 26.4. The van der Waals surface area contributed by atoms with Crippen LogP contribution in [0.3, 0.4) is 0 Å². The SMILES string of the molecule is CC(F)(F)c1ccc(CNc2ccc(Cc3c[nH]c4ncc(Cl)cc34)cn2)cn1.Cl. The number of hydrogen-bond donors (Lipinski definition) is 2. The van der Waals surface area contributed by atoms with E-state index in [0.717, 1.165) is 34.6 Å². The van der Waals surface area contributed by atoms with Gasteiger partial charge in [-0.15, -0.1) is 12.4 Å². The fourth-order valence-electron chi connectivity index (χ4n) is 3.01. The van der Waals surface area contributed by atoms with Gasteiger partial charge in [-0.25, -0.2) is 9.97 Å². The number of fused-ring (bicyclic) bond motifs is 1. The van der Waals surface area contributed by atoms with Crippen molar-refractivity contribution in [1.29, 1.82) is 0 Å². The van der Waals surface area contributed by atoms with Crippen molar-refractivity contribution in [3.05, 3.63) is 82.5 Å². The zero-order valence-corrected chi connectivity index (χ0v) is 17.6. The molecule has 0 fully saturated rings. The molecular formula is C21H19Cl2F2N5. The molecule has 9 heteroatoms. The summed E-state index contributed by atoms with van der Waals surface area (Å²) >= 11 is 6.05. The average Bonchev–Trinajstić information content (AvgIpc) is 3.09. The number of pyridine rings is 3. The monoisotopic (exact) mass is 449 g/mol. The number of halogens is 4. The molecule has 4 rings (SSSR count). The minimum Gasteiger partial charge on any atom is -0.366 e. The highest BCUT2D eigenvalue weighted by Crippen LogP contribution is 2.25. The minimum atomic E-state index is -2.93. The molecule has 30 heavy (non-hydrogen) atoms. The van der Waals surface area contributed by atoms with Crippen LogP contribution < -0.4 is 5.32 Å². The molecule has 156 valence electrons. The summed E-state index contributed by atoms with van der Waals surface area (Å²) in [4.78, 5) is 15.7. The molecule has 0 unspecified atom stereocenters. The maximum absolute atomic E-state index is 13.2. The number of nitrogens with zero attached hydrogens (tertiary/aromatic N) is 3. The van der Waals surface area contributed by atoms with Gasteiger partial charge in [0, 0.05) is 50.1 Å². The van der Waals surface area contributed by atoms with Crippen LogP contribution in [0.2, 0.25) is 5.02 Å². The van der Waals surface area contributed by atoms with Crippen LogP contribution in [-0.2, 0) is 18.9 Å². The van der Waals surface area contributed by atoms with E-state index in [0.29, 0.717) is 23.8 Å². The van der Waals surface area contributed by atoms with E-state index >= 15 is 0 Å². The van der Waals surface area contributed by atoms with Crippen molar-refractivity contribution in [3.63, 3.8) is 0 Å². The number of aromatic nitrogens is 4. The molecule has 5 nitrogen and oxygen atoms in total. The number of H-pyrrole nitrogens is 1. The number of alkyl halides is 2. The lowest BCUT2D eigenvalue weighted by Gasteiger charge is -2.10. The Balaban J connectivity index is 0.00000256. The van der Waals surface area contributed by atoms with Gasteiger partial charge in [0.25, 0.3) is 5.92 Å². The summed E-state index contributed by atoms with van der Waals surface area (Å²) in [6.07, 6.45) is 7.49. The Labute approximate surface area is 183 Å². The number of hydrogen-bond acceptors (Lipinski definition) is 4. The Morgan fingerprint density at radius 1 is 1.03 bits per heavy atom. The van der Waals surface area contributed by atoms with E-state index in [1.165, 1.54) is 12.3 Å². The number of rotatable bonds is 6. The first kappa shape index (κ1) is 21.9. The smallest absolute Gasteiger partial charge is 0.286 e. The molecule has 0 atom stereocenters. The Morgan fingerprint density at radius 3 is 2.47 bits per heavy atom. The molecule has 0 bridgehead atoms. The summed E-state index contributed by atoms with van der Waals surface area (Å²) in [6.45, 7) is 1.28. The van der Waals surface area contributed by atoms with Crippen molar-refractivity contribution in [2.45, 2.75) is 25.8 Å². The normalized spacial score (nSPS) is 11.3. The predicted molar refractivity (Wildman–Crippen MR) is 117 cm³/mol. The molecule has 4 heterocycles. The van der Waals surface area contributed by atoms with Gasteiger partial charge >= 0.3 is 0 Å². The van der Waals surface area contributed by atoms with Crippen molar-refractivity contribution < 1.29 is 8.78 Å². The molecule has 0 saturated carbocycles. The second-order valence-electron chi connectivity index (χ2n) is 6.89. The van der Waals surface area contributed by atoms with Crippen LogP contribution in [0.4, 0.5) is 14.6 Å². The topological polar surface area (TPSA) is 66.5 Å². The van der Waals surface area contributed by atoms with Gasteiger partial charge in [0.2, 0.25) is 0 Å². The fraction of sp³-hybridized carbons (Fsp3) is 0.190. The van der Waals surface area contributed by atoms with Crippen LogP contribution in [0.5, 0.6) is 0 Å². The van der Waals surface area contributed by atoms with Gasteiger partial charge in [-0.3, -0.25) is 4.98 Å². The van der Waals surface area contributed by atoms with Crippen molar-refractivity contribution in [1.82, 2.24) is 19.9 Å². The van der Waals surface area contributed by atoms with Crippen molar-refractivity contribution in [2.75, 3.05) is 5.32 Å². The van der Waals surface area contributed by atoms with Gasteiger partial charge < -0.3 is 10.3 Å². The number of nitrogens with one attached hydrogen (secondary N) is 2. The third kappa shape index (κ3) is 5.04. The highest BCUT2D eigenvalue weighted by Gasteiger charge is 2.25. The Hall–Kier alpha value is -2.77. The molecule has 0 spiro atoms. The van der Waals surface area contributed by atoms with Crippen molar-refractivity contribution >= 4 is 40.9 Å². The van der Waals surface area contributed by atoms with Gasteiger partial charge in [0.05, 0.1) is 5.02 Å². The molecule has 0 aliphatic carbocycles. The van der Waals surface area contributed by atoms with E-state index in [1.54, 1.807) is 18.5 Å². The molecule has 4 aromatic rings. The molecule has 0 radical (unpaired) electrons. The summed E-state index contributed by atoms with van der Waals surface area (Å²) in [7, 11) is 0. The zero-order valence-electron chi connectivity index (χ0n) is 16.0. The zero-order chi connectivity index (χ0) is 20.4. The van der Waals surface area contributed by atoms with E-state index in [-0.39, 0.29) is 18.1 Å². The largest absolute Gasteiger partial charge is 0.366 e. The maximum atomic E-state index is 13.2.